The lowest BCUT2D eigenvalue weighted by Gasteiger charge is -2.32. The van der Waals surface area contributed by atoms with Crippen LogP contribution in [0.4, 0.5) is 0 Å². The summed E-state index contributed by atoms with van der Waals surface area (Å²) in [7, 11) is 1.93. The van der Waals surface area contributed by atoms with E-state index >= 15 is 0 Å². The second-order valence-corrected chi connectivity index (χ2v) is 6.73. The van der Waals surface area contributed by atoms with Crippen molar-refractivity contribution in [1.82, 2.24) is 10.2 Å². The minimum absolute atomic E-state index is 0.0364. The predicted molar refractivity (Wildman–Crippen MR) is 104 cm³/mol. The Kier molecular flexibility index (Phi) is 6.08. The van der Waals surface area contributed by atoms with Gasteiger partial charge in [-0.15, -0.1) is 0 Å². The number of nitrogens with zero attached hydrogens (tertiary/aromatic N) is 1. The highest BCUT2D eigenvalue weighted by Crippen LogP contribution is 2.20. The minimum atomic E-state index is -0.529. The number of ether oxygens (including phenoxy) is 1. The molecule has 0 spiro atoms. The van der Waals surface area contributed by atoms with Gasteiger partial charge >= 0.3 is 0 Å². The van der Waals surface area contributed by atoms with E-state index < -0.39 is 5.91 Å². The molecule has 6 heteroatoms. The van der Waals surface area contributed by atoms with Crippen molar-refractivity contribution in [3.63, 3.8) is 0 Å². The first-order chi connectivity index (χ1) is 13.1. The smallest absolute Gasteiger partial charge is 0.253 e. The zero-order valence-electron chi connectivity index (χ0n) is 15.5. The quantitative estimate of drug-likeness (QED) is 0.820. The zero-order chi connectivity index (χ0) is 19.2. The second-order valence-electron chi connectivity index (χ2n) is 6.73. The molecule has 0 saturated carbocycles. The highest BCUT2D eigenvalue weighted by atomic mass is 16.5. The van der Waals surface area contributed by atoms with Crippen LogP contribution >= 0.6 is 0 Å². The van der Waals surface area contributed by atoms with Gasteiger partial charge in [-0.2, -0.15) is 0 Å². The van der Waals surface area contributed by atoms with E-state index in [1.165, 1.54) is 0 Å². The van der Waals surface area contributed by atoms with Crippen LogP contribution in [0.15, 0.2) is 48.5 Å². The molecule has 0 bridgehead atoms. The molecule has 1 aliphatic rings. The van der Waals surface area contributed by atoms with Gasteiger partial charge in [-0.3, -0.25) is 9.59 Å². The molecule has 6 nitrogen and oxygen atoms in total. The molecule has 0 radical (unpaired) electrons. The first kappa shape index (κ1) is 18.9. The maximum absolute atomic E-state index is 12.8. The largest absolute Gasteiger partial charge is 0.488 e. The Morgan fingerprint density at radius 1 is 1.22 bits per heavy atom. The number of hydrogen-bond donors (Lipinski definition) is 2. The molecule has 1 fully saturated rings. The third kappa shape index (κ3) is 4.65. The van der Waals surface area contributed by atoms with Gasteiger partial charge in [0.1, 0.15) is 12.4 Å². The highest BCUT2D eigenvalue weighted by molar-refractivity contribution is 5.95. The van der Waals surface area contributed by atoms with Crippen molar-refractivity contribution in [1.29, 1.82) is 0 Å². The van der Waals surface area contributed by atoms with Crippen molar-refractivity contribution < 1.29 is 14.3 Å². The SMILES string of the molecule is CNC1CCCN(C(=O)c2cccc(COc3ccccc3C(N)=O)c2)C1. The lowest BCUT2D eigenvalue weighted by atomic mass is 10.0. The molecule has 0 aromatic heterocycles. The van der Waals surface area contributed by atoms with Crippen LogP contribution < -0.4 is 15.8 Å². The van der Waals surface area contributed by atoms with Crippen molar-refractivity contribution in [2.45, 2.75) is 25.5 Å². The molecule has 1 unspecified atom stereocenters. The van der Waals surface area contributed by atoms with Gasteiger partial charge in [-0.05, 0) is 49.7 Å². The molecule has 142 valence electrons. The number of hydrogen-bond acceptors (Lipinski definition) is 4. The van der Waals surface area contributed by atoms with Gasteiger partial charge in [0.05, 0.1) is 5.56 Å². The van der Waals surface area contributed by atoms with Crippen molar-refractivity contribution in [2.75, 3.05) is 20.1 Å². The molecule has 2 aromatic carbocycles. The molecule has 2 aromatic rings. The number of carbonyl (C=O) groups is 2. The number of benzene rings is 2. The highest BCUT2D eigenvalue weighted by Gasteiger charge is 2.23. The molecule has 1 heterocycles. The summed E-state index contributed by atoms with van der Waals surface area (Å²) in [4.78, 5) is 26.2. The Morgan fingerprint density at radius 3 is 2.81 bits per heavy atom. The number of amides is 2. The summed E-state index contributed by atoms with van der Waals surface area (Å²) < 4.78 is 5.76. The van der Waals surface area contributed by atoms with Crippen LogP contribution in [0.25, 0.3) is 0 Å². The molecule has 1 aliphatic heterocycles. The van der Waals surface area contributed by atoms with Crippen LogP contribution in [-0.2, 0) is 6.61 Å². The lowest BCUT2D eigenvalue weighted by Crippen LogP contribution is -2.46. The summed E-state index contributed by atoms with van der Waals surface area (Å²) in [5.41, 5.74) is 7.23. The van der Waals surface area contributed by atoms with Crippen LogP contribution in [0.1, 0.15) is 39.1 Å². The molecule has 3 rings (SSSR count). The molecule has 1 atom stereocenters. The van der Waals surface area contributed by atoms with E-state index in [-0.39, 0.29) is 12.5 Å². The third-order valence-corrected chi connectivity index (χ3v) is 4.84. The van der Waals surface area contributed by atoms with E-state index in [1.54, 1.807) is 24.3 Å². The van der Waals surface area contributed by atoms with Gasteiger partial charge in [0, 0.05) is 24.7 Å². The Morgan fingerprint density at radius 2 is 2.04 bits per heavy atom. The fourth-order valence-electron chi connectivity index (χ4n) is 3.33. The fraction of sp³-hybridized carbons (Fsp3) is 0.333. The van der Waals surface area contributed by atoms with E-state index in [0.717, 1.165) is 31.5 Å². The summed E-state index contributed by atoms with van der Waals surface area (Å²) in [6.07, 6.45) is 2.09. The number of primary amides is 1. The van der Waals surface area contributed by atoms with Gasteiger partial charge in [0.25, 0.3) is 11.8 Å². The maximum Gasteiger partial charge on any atom is 0.253 e. The van der Waals surface area contributed by atoms with Crippen molar-refractivity contribution in [3.05, 3.63) is 65.2 Å². The summed E-state index contributed by atoms with van der Waals surface area (Å²) in [6.45, 7) is 1.76. The van der Waals surface area contributed by atoms with Gasteiger partial charge in [0.2, 0.25) is 0 Å². The molecule has 0 aliphatic carbocycles. The summed E-state index contributed by atoms with van der Waals surface area (Å²) in [5.74, 6) is -0.0531. The molecule has 2 amide bonds. The maximum atomic E-state index is 12.8. The number of rotatable bonds is 6. The van der Waals surface area contributed by atoms with Crippen LogP contribution in [0.3, 0.4) is 0 Å². The number of piperidine rings is 1. The average Bonchev–Trinajstić information content (AvgIpc) is 2.72. The Hall–Kier alpha value is -2.86. The first-order valence-corrected chi connectivity index (χ1v) is 9.15. The van der Waals surface area contributed by atoms with Gasteiger partial charge in [-0.25, -0.2) is 0 Å². The normalized spacial score (nSPS) is 16.8. The van der Waals surface area contributed by atoms with Crippen LogP contribution in [0.2, 0.25) is 0 Å². The Labute approximate surface area is 159 Å². The summed E-state index contributed by atoms with van der Waals surface area (Å²) in [6, 6.07) is 14.6. The number of nitrogens with two attached hydrogens (primary N) is 1. The Balaban J connectivity index is 1.69. The van der Waals surface area contributed by atoms with E-state index in [9.17, 15) is 9.59 Å². The van der Waals surface area contributed by atoms with Crippen LogP contribution in [-0.4, -0.2) is 42.9 Å². The lowest BCUT2D eigenvalue weighted by molar-refractivity contribution is 0.0698. The molecule has 1 saturated heterocycles. The van der Waals surface area contributed by atoms with Crippen molar-refractivity contribution in [2.24, 2.45) is 5.73 Å². The first-order valence-electron chi connectivity index (χ1n) is 9.15. The minimum Gasteiger partial charge on any atom is -0.488 e. The summed E-state index contributed by atoms with van der Waals surface area (Å²) in [5, 5.41) is 3.25. The molecular formula is C21H25N3O3. The van der Waals surface area contributed by atoms with Gasteiger partial charge in [0.15, 0.2) is 0 Å². The monoisotopic (exact) mass is 367 g/mol. The zero-order valence-corrected chi connectivity index (χ0v) is 15.5. The molecule has 3 N–H and O–H groups in total. The van der Waals surface area contributed by atoms with Crippen molar-refractivity contribution >= 4 is 11.8 Å². The number of likely N-dealkylation sites (N-methyl/N-ethyl adjacent to an activating group) is 1. The van der Waals surface area contributed by atoms with Crippen molar-refractivity contribution in [3.8, 4) is 5.75 Å². The van der Waals surface area contributed by atoms with E-state index in [1.807, 2.05) is 36.2 Å². The standard InChI is InChI=1S/C21H25N3O3/c1-23-17-8-5-11-24(13-17)21(26)16-7-4-6-15(12-16)14-27-19-10-3-2-9-18(19)20(22)25/h2-4,6-7,9-10,12,17,23H,5,8,11,13-14H2,1H3,(H2,22,25). The van der Waals surface area contributed by atoms with E-state index in [2.05, 4.69) is 5.32 Å². The number of likely N-dealkylation sites (tertiary alicyclic amines) is 1. The number of nitrogens with one attached hydrogen (secondary N) is 1. The van der Waals surface area contributed by atoms with Gasteiger partial charge in [-0.1, -0.05) is 24.3 Å². The van der Waals surface area contributed by atoms with E-state index in [4.69, 9.17) is 10.5 Å². The number of para-hydroxylation sites is 1. The molecular weight excluding hydrogens is 342 g/mol. The third-order valence-electron chi connectivity index (χ3n) is 4.84. The number of carbonyl (C=O) groups excluding carboxylic acids is 2. The topological polar surface area (TPSA) is 84.7 Å². The average molecular weight is 367 g/mol. The Bertz CT molecular complexity index is 822. The van der Waals surface area contributed by atoms with Crippen LogP contribution in [0, 0.1) is 0 Å². The predicted octanol–water partition coefficient (Wildman–Crippen LogP) is 2.19. The van der Waals surface area contributed by atoms with E-state index in [0.29, 0.717) is 22.9 Å². The molecule has 27 heavy (non-hydrogen) atoms. The fourth-order valence-corrected chi connectivity index (χ4v) is 3.33. The van der Waals surface area contributed by atoms with Crippen LogP contribution in [0.5, 0.6) is 5.75 Å². The second kappa shape index (κ2) is 8.68. The summed E-state index contributed by atoms with van der Waals surface area (Å²) >= 11 is 0. The van der Waals surface area contributed by atoms with Gasteiger partial charge < -0.3 is 20.7 Å².